The van der Waals surface area contributed by atoms with Gasteiger partial charge < -0.3 is 24.2 Å². The van der Waals surface area contributed by atoms with Gasteiger partial charge in [0.25, 0.3) is 5.91 Å². The molecule has 1 amide bonds. The number of carbonyl (C=O) groups excluding carboxylic acids is 1. The lowest BCUT2D eigenvalue weighted by atomic mass is 10.1. The standard InChI is InChI=1S/C27H33ClN6O3/c1-36-18-17-31-9-11-34(12-10-31)27(35)25-21-5-3-4-6-22(21)26(30-29-25)33-15-13-32(14-16-33)23-19-20(28)7-8-24(23)37-2/h3-8,19H,9-18H2,1-2H3. The molecule has 3 aromatic rings. The van der Waals surface area contributed by atoms with Crippen LogP contribution in [-0.2, 0) is 4.74 Å². The third-order valence-electron chi connectivity index (χ3n) is 7.20. The molecule has 9 nitrogen and oxygen atoms in total. The molecule has 37 heavy (non-hydrogen) atoms. The molecule has 2 fully saturated rings. The first-order valence-electron chi connectivity index (χ1n) is 12.7. The van der Waals surface area contributed by atoms with E-state index in [-0.39, 0.29) is 5.91 Å². The molecule has 0 radical (unpaired) electrons. The van der Waals surface area contributed by atoms with Crippen LogP contribution in [0.25, 0.3) is 10.8 Å². The second kappa shape index (κ2) is 11.5. The van der Waals surface area contributed by atoms with Gasteiger partial charge in [0, 0.05) is 81.8 Å². The van der Waals surface area contributed by atoms with Crippen LogP contribution in [0.5, 0.6) is 5.75 Å². The van der Waals surface area contributed by atoms with Crippen molar-refractivity contribution in [3.05, 3.63) is 53.2 Å². The maximum atomic E-state index is 13.4. The van der Waals surface area contributed by atoms with Gasteiger partial charge in [0.1, 0.15) is 5.75 Å². The number of halogens is 1. The number of fused-ring (bicyclic) bond motifs is 1. The molecule has 2 aromatic carbocycles. The largest absolute Gasteiger partial charge is 0.495 e. The fraction of sp³-hybridized carbons (Fsp3) is 0.444. The molecule has 0 spiro atoms. The van der Waals surface area contributed by atoms with E-state index in [1.165, 1.54) is 0 Å². The number of rotatable bonds is 7. The SMILES string of the molecule is COCCN1CCN(C(=O)c2nnc(N3CCN(c4cc(Cl)ccc4OC)CC3)c3ccccc23)CC1. The zero-order valence-electron chi connectivity index (χ0n) is 21.4. The predicted octanol–water partition coefficient (Wildman–Crippen LogP) is 3.02. The summed E-state index contributed by atoms with van der Waals surface area (Å²) in [5, 5.41) is 11.5. The quantitative estimate of drug-likeness (QED) is 0.467. The molecule has 0 bridgehead atoms. The highest BCUT2D eigenvalue weighted by atomic mass is 35.5. The third kappa shape index (κ3) is 5.44. The van der Waals surface area contributed by atoms with Gasteiger partial charge >= 0.3 is 0 Å². The normalized spacial score (nSPS) is 16.9. The van der Waals surface area contributed by atoms with Crippen molar-refractivity contribution >= 4 is 39.8 Å². The average molecular weight is 525 g/mol. The van der Waals surface area contributed by atoms with Gasteiger partial charge in [-0.15, -0.1) is 10.2 Å². The number of anilines is 2. The fourth-order valence-corrected chi connectivity index (χ4v) is 5.26. The molecular formula is C27H33ClN6O3. The summed E-state index contributed by atoms with van der Waals surface area (Å²) in [5.41, 5.74) is 1.42. The van der Waals surface area contributed by atoms with Crippen LogP contribution in [0.1, 0.15) is 10.5 Å². The van der Waals surface area contributed by atoms with Gasteiger partial charge in [-0.25, -0.2) is 0 Å². The van der Waals surface area contributed by atoms with Crippen LogP contribution >= 0.6 is 11.6 Å². The first kappa shape index (κ1) is 25.5. The molecule has 0 N–H and O–H groups in total. The van der Waals surface area contributed by atoms with Gasteiger partial charge in [0.05, 0.1) is 19.4 Å². The smallest absolute Gasteiger partial charge is 0.275 e. The molecule has 2 saturated heterocycles. The number of carbonyl (C=O) groups is 1. The molecule has 10 heteroatoms. The van der Waals surface area contributed by atoms with Gasteiger partial charge in [-0.1, -0.05) is 35.9 Å². The Morgan fingerprint density at radius 1 is 0.892 bits per heavy atom. The van der Waals surface area contributed by atoms with Crippen LogP contribution in [0.2, 0.25) is 5.02 Å². The molecule has 0 aliphatic carbocycles. The number of amides is 1. The summed E-state index contributed by atoms with van der Waals surface area (Å²) in [6, 6.07) is 13.6. The Morgan fingerprint density at radius 2 is 1.59 bits per heavy atom. The van der Waals surface area contributed by atoms with E-state index in [0.717, 1.165) is 73.8 Å². The number of hydrogen-bond donors (Lipinski definition) is 0. The van der Waals surface area contributed by atoms with Crippen LogP contribution in [0.15, 0.2) is 42.5 Å². The highest BCUT2D eigenvalue weighted by molar-refractivity contribution is 6.31. The van der Waals surface area contributed by atoms with E-state index in [1.54, 1.807) is 14.2 Å². The first-order chi connectivity index (χ1) is 18.1. The number of ether oxygens (including phenoxy) is 2. The van der Waals surface area contributed by atoms with Crippen molar-refractivity contribution in [3.8, 4) is 5.75 Å². The highest BCUT2D eigenvalue weighted by Gasteiger charge is 2.27. The lowest BCUT2D eigenvalue weighted by Crippen LogP contribution is -2.49. The molecule has 3 heterocycles. The number of hydrogen-bond acceptors (Lipinski definition) is 8. The van der Waals surface area contributed by atoms with E-state index in [2.05, 4.69) is 24.9 Å². The van der Waals surface area contributed by atoms with Crippen molar-refractivity contribution in [1.82, 2.24) is 20.0 Å². The molecule has 2 aliphatic heterocycles. The number of piperazine rings is 2. The Bertz CT molecular complexity index is 1240. The maximum Gasteiger partial charge on any atom is 0.275 e. The second-order valence-electron chi connectivity index (χ2n) is 9.33. The fourth-order valence-electron chi connectivity index (χ4n) is 5.10. The Balaban J connectivity index is 1.32. The van der Waals surface area contributed by atoms with E-state index in [9.17, 15) is 4.79 Å². The Labute approximate surface area is 222 Å². The summed E-state index contributed by atoms with van der Waals surface area (Å²) in [7, 11) is 3.39. The second-order valence-corrected chi connectivity index (χ2v) is 9.77. The summed E-state index contributed by atoms with van der Waals surface area (Å²) in [5.74, 6) is 1.57. The summed E-state index contributed by atoms with van der Waals surface area (Å²) >= 11 is 6.26. The summed E-state index contributed by atoms with van der Waals surface area (Å²) < 4.78 is 10.7. The minimum absolute atomic E-state index is 0.0560. The summed E-state index contributed by atoms with van der Waals surface area (Å²) in [6.45, 7) is 7.72. The van der Waals surface area contributed by atoms with Gasteiger partial charge in [-0.2, -0.15) is 0 Å². The van der Waals surface area contributed by atoms with Crippen LogP contribution in [-0.4, -0.2) is 106 Å². The third-order valence-corrected chi connectivity index (χ3v) is 7.44. The van der Waals surface area contributed by atoms with Crippen molar-refractivity contribution in [2.45, 2.75) is 0 Å². The van der Waals surface area contributed by atoms with Crippen LogP contribution in [0.4, 0.5) is 11.5 Å². The lowest BCUT2D eigenvalue weighted by Gasteiger charge is -2.37. The summed E-state index contributed by atoms with van der Waals surface area (Å²) in [6.07, 6.45) is 0. The minimum Gasteiger partial charge on any atom is -0.495 e. The zero-order valence-corrected chi connectivity index (χ0v) is 22.2. The van der Waals surface area contributed by atoms with Gasteiger partial charge in [-0.3, -0.25) is 9.69 Å². The van der Waals surface area contributed by atoms with Crippen molar-refractivity contribution in [3.63, 3.8) is 0 Å². The van der Waals surface area contributed by atoms with E-state index in [1.807, 2.05) is 47.4 Å². The highest BCUT2D eigenvalue weighted by Crippen LogP contribution is 2.33. The van der Waals surface area contributed by atoms with E-state index in [4.69, 9.17) is 21.1 Å². The van der Waals surface area contributed by atoms with Gasteiger partial charge in [0.15, 0.2) is 11.5 Å². The maximum absolute atomic E-state index is 13.4. The molecule has 5 rings (SSSR count). The summed E-state index contributed by atoms with van der Waals surface area (Å²) in [4.78, 5) is 22.2. The van der Waals surface area contributed by atoms with Crippen molar-refractivity contribution in [2.24, 2.45) is 0 Å². The van der Waals surface area contributed by atoms with Crippen molar-refractivity contribution in [2.75, 3.05) is 89.5 Å². The number of benzene rings is 2. The Kier molecular flexibility index (Phi) is 7.93. The molecule has 196 valence electrons. The molecule has 0 unspecified atom stereocenters. The Hall–Kier alpha value is -3.14. The predicted molar refractivity (Wildman–Crippen MR) is 146 cm³/mol. The molecule has 1 aromatic heterocycles. The molecule has 0 atom stereocenters. The van der Waals surface area contributed by atoms with Crippen molar-refractivity contribution in [1.29, 1.82) is 0 Å². The minimum atomic E-state index is -0.0560. The Morgan fingerprint density at radius 3 is 2.30 bits per heavy atom. The zero-order chi connectivity index (χ0) is 25.8. The number of methoxy groups -OCH3 is 2. The lowest BCUT2D eigenvalue weighted by molar-refractivity contribution is 0.0590. The monoisotopic (exact) mass is 524 g/mol. The van der Waals surface area contributed by atoms with Gasteiger partial charge in [0.2, 0.25) is 0 Å². The van der Waals surface area contributed by atoms with E-state index < -0.39 is 0 Å². The molecule has 0 saturated carbocycles. The van der Waals surface area contributed by atoms with E-state index >= 15 is 0 Å². The number of aromatic nitrogens is 2. The molecule has 2 aliphatic rings. The van der Waals surface area contributed by atoms with E-state index in [0.29, 0.717) is 30.4 Å². The topological polar surface area (TPSA) is 74.3 Å². The van der Waals surface area contributed by atoms with Crippen LogP contribution in [0.3, 0.4) is 0 Å². The van der Waals surface area contributed by atoms with Gasteiger partial charge in [-0.05, 0) is 18.2 Å². The number of nitrogens with zero attached hydrogens (tertiary/aromatic N) is 6. The first-order valence-corrected chi connectivity index (χ1v) is 13.1. The average Bonchev–Trinajstić information content (AvgIpc) is 2.95. The molecular weight excluding hydrogens is 492 g/mol. The van der Waals surface area contributed by atoms with Crippen molar-refractivity contribution < 1.29 is 14.3 Å². The van der Waals surface area contributed by atoms with Crippen LogP contribution in [0, 0.1) is 0 Å². The van der Waals surface area contributed by atoms with Crippen LogP contribution < -0.4 is 14.5 Å².